The molecular weight excluding hydrogens is 274 g/mol. The van der Waals surface area contributed by atoms with E-state index in [0.717, 1.165) is 11.3 Å². The second-order valence-electron chi connectivity index (χ2n) is 5.24. The van der Waals surface area contributed by atoms with Crippen LogP contribution in [0.5, 0.6) is 5.75 Å². The molecule has 1 rings (SSSR count). The molecule has 5 heteroatoms. The molecule has 1 aromatic rings. The molecule has 1 N–H and O–H groups in total. The van der Waals surface area contributed by atoms with Crippen molar-refractivity contribution in [1.29, 1.82) is 0 Å². The zero-order chi connectivity index (χ0) is 15.2. The van der Waals surface area contributed by atoms with Crippen LogP contribution in [0.2, 0.25) is 0 Å². The molecule has 20 heavy (non-hydrogen) atoms. The zero-order valence-electron chi connectivity index (χ0n) is 12.1. The number of nitrogens with one attached hydrogen (secondary N) is 1. The van der Waals surface area contributed by atoms with Crippen molar-refractivity contribution in [2.45, 2.75) is 25.1 Å². The Morgan fingerprint density at radius 2 is 2.00 bits per heavy atom. The molecule has 0 saturated heterocycles. The molecule has 0 aliphatic rings. The highest BCUT2D eigenvalue weighted by Gasteiger charge is 2.29. The highest BCUT2D eigenvalue weighted by molar-refractivity contribution is 7.92. The molecule has 4 nitrogen and oxygen atoms in total. The van der Waals surface area contributed by atoms with Crippen molar-refractivity contribution in [3.8, 4) is 18.1 Å². The Hall–Kier alpha value is -1.51. The van der Waals surface area contributed by atoms with Gasteiger partial charge < -0.3 is 10.1 Å². The Morgan fingerprint density at radius 1 is 1.35 bits per heavy atom. The van der Waals surface area contributed by atoms with Gasteiger partial charge in [-0.2, -0.15) is 0 Å². The van der Waals surface area contributed by atoms with Gasteiger partial charge in [0, 0.05) is 24.9 Å². The minimum Gasteiger partial charge on any atom is -0.481 e. The van der Waals surface area contributed by atoms with Gasteiger partial charge in [-0.25, -0.2) is 8.42 Å². The van der Waals surface area contributed by atoms with Crippen LogP contribution < -0.4 is 10.1 Å². The van der Waals surface area contributed by atoms with Crippen LogP contribution in [-0.4, -0.2) is 32.6 Å². The number of benzene rings is 1. The second-order valence-corrected chi connectivity index (χ2v) is 7.89. The van der Waals surface area contributed by atoms with Crippen LogP contribution in [0.1, 0.15) is 19.4 Å². The van der Waals surface area contributed by atoms with E-state index in [4.69, 9.17) is 11.2 Å². The number of hydrogen-bond acceptors (Lipinski definition) is 4. The third-order valence-electron chi connectivity index (χ3n) is 3.15. The van der Waals surface area contributed by atoms with E-state index in [1.54, 1.807) is 13.8 Å². The van der Waals surface area contributed by atoms with E-state index >= 15 is 0 Å². The van der Waals surface area contributed by atoms with Crippen molar-refractivity contribution in [3.63, 3.8) is 0 Å². The molecule has 0 spiro atoms. The molecule has 110 valence electrons. The highest BCUT2D eigenvalue weighted by atomic mass is 32.2. The first kappa shape index (κ1) is 16.5. The standard InChI is InChI=1S/C15H21NO3S/c1-5-10-19-14-9-7-6-8-13(14)11-16-12-15(2,3)20(4,17)18/h1,6-9,16H,10-12H2,2-4H3. The summed E-state index contributed by atoms with van der Waals surface area (Å²) < 4.78 is 27.9. The minimum atomic E-state index is -3.10. The van der Waals surface area contributed by atoms with Gasteiger partial charge in [0.1, 0.15) is 12.4 Å². The van der Waals surface area contributed by atoms with E-state index in [1.165, 1.54) is 6.26 Å². The molecular formula is C15H21NO3S. The molecule has 0 radical (unpaired) electrons. The number of sulfone groups is 1. The van der Waals surface area contributed by atoms with Crippen LogP contribution in [-0.2, 0) is 16.4 Å². The average Bonchev–Trinajstić information content (AvgIpc) is 2.36. The van der Waals surface area contributed by atoms with E-state index < -0.39 is 14.6 Å². The molecule has 0 atom stereocenters. The van der Waals surface area contributed by atoms with E-state index in [1.807, 2.05) is 24.3 Å². The van der Waals surface area contributed by atoms with Gasteiger partial charge in [0.2, 0.25) is 0 Å². The lowest BCUT2D eigenvalue weighted by atomic mass is 10.1. The fourth-order valence-electron chi connectivity index (χ4n) is 1.54. The smallest absolute Gasteiger partial charge is 0.153 e. The van der Waals surface area contributed by atoms with Crippen molar-refractivity contribution in [1.82, 2.24) is 5.32 Å². The minimum absolute atomic E-state index is 0.214. The largest absolute Gasteiger partial charge is 0.481 e. The van der Waals surface area contributed by atoms with Crippen LogP contribution in [0, 0.1) is 12.3 Å². The van der Waals surface area contributed by atoms with Gasteiger partial charge in [-0.3, -0.25) is 0 Å². The number of hydrogen-bond donors (Lipinski definition) is 1. The second kappa shape index (κ2) is 6.78. The first-order valence-electron chi connectivity index (χ1n) is 6.32. The van der Waals surface area contributed by atoms with E-state index in [-0.39, 0.29) is 6.61 Å². The molecule has 0 aliphatic heterocycles. The van der Waals surface area contributed by atoms with Crippen molar-refractivity contribution in [2.24, 2.45) is 0 Å². The fourth-order valence-corrected chi connectivity index (χ4v) is 1.90. The predicted molar refractivity (Wildman–Crippen MR) is 81.4 cm³/mol. The van der Waals surface area contributed by atoms with Crippen molar-refractivity contribution < 1.29 is 13.2 Å². The highest BCUT2D eigenvalue weighted by Crippen LogP contribution is 2.18. The van der Waals surface area contributed by atoms with E-state index in [0.29, 0.717) is 13.1 Å². The Bertz CT molecular complexity index is 585. The molecule has 0 amide bonds. The molecule has 0 aliphatic carbocycles. The Labute approximate surface area is 121 Å². The van der Waals surface area contributed by atoms with Gasteiger partial charge in [-0.15, -0.1) is 6.42 Å². The Morgan fingerprint density at radius 3 is 2.60 bits per heavy atom. The predicted octanol–water partition coefficient (Wildman–Crippen LogP) is 1.61. The van der Waals surface area contributed by atoms with E-state index in [2.05, 4.69) is 11.2 Å². The van der Waals surface area contributed by atoms with Crippen molar-refractivity contribution in [3.05, 3.63) is 29.8 Å². The van der Waals surface area contributed by atoms with Crippen LogP contribution in [0.15, 0.2) is 24.3 Å². The summed E-state index contributed by atoms with van der Waals surface area (Å²) in [7, 11) is -3.10. The number of ether oxygens (including phenoxy) is 1. The molecule has 0 saturated carbocycles. The van der Waals surface area contributed by atoms with Gasteiger partial charge >= 0.3 is 0 Å². The maximum Gasteiger partial charge on any atom is 0.153 e. The van der Waals surface area contributed by atoms with Crippen LogP contribution in [0.25, 0.3) is 0 Å². The Kier molecular flexibility index (Phi) is 5.61. The maximum absolute atomic E-state index is 11.6. The molecule has 1 aromatic carbocycles. The van der Waals surface area contributed by atoms with Crippen LogP contribution >= 0.6 is 0 Å². The molecule has 0 bridgehead atoms. The zero-order valence-corrected chi connectivity index (χ0v) is 13.0. The SMILES string of the molecule is C#CCOc1ccccc1CNCC(C)(C)S(C)(=O)=O. The first-order valence-corrected chi connectivity index (χ1v) is 8.21. The summed E-state index contributed by atoms with van der Waals surface area (Å²) in [6.07, 6.45) is 6.42. The topological polar surface area (TPSA) is 55.4 Å². The van der Waals surface area contributed by atoms with Gasteiger partial charge in [0.25, 0.3) is 0 Å². The summed E-state index contributed by atoms with van der Waals surface area (Å²) in [5.74, 6) is 3.14. The van der Waals surface area contributed by atoms with Crippen LogP contribution in [0.4, 0.5) is 0 Å². The summed E-state index contributed by atoms with van der Waals surface area (Å²) in [6.45, 7) is 4.52. The fraction of sp³-hybridized carbons (Fsp3) is 0.467. The van der Waals surface area contributed by atoms with Gasteiger partial charge in [-0.05, 0) is 19.9 Å². The summed E-state index contributed by atoms with van der Waals surface area (Å²) in [4.78, 5) is 0. The Balaban J connectivity index is 2.65. The van der Waals surface area contributed by atoms with Crippen molar-refractivity contribution >= 4 is 9.84 Å². The monoisotopic (exact) mass is 295 g/mol. The van der Waals surface area contributed by atoms with Gasteiger partial charge in [-0.1, -0.05) is 24.1 Å². The lowest BCUT2D eigenvalue weighted by Crippen LogP contribution is -2.41. The lowest BCUT2D eigenvalue weighted by Gasteiger charge is -2.23. The van der Waals surface area contributed by atoms with Crippen molar-refractivity contribution in [2.75, 3.05) is 19.4 Å². The average molecular weight is 295 g/mol. The summed E-state index contributed by atoms with van der Waals surface area (Å²) in [5, 5.41) is 3.15. The lowest BCUT2D eigenvalue weighted by molar-refractivity contribution is 0.364. The van der Waals surface area contributed by atoms with Gasteiger partial charge in [0.05, 0.1) is 4.75 Å². The van der Waals surface area contributed by atoms with Crippen LogP contribution in [0.3, 0.4) is 0 Å². The van der Waals surface area contributed by atoms with E-state index in [9.17, 15) is 8.42 Å². The first-order chi connectivity index (χ1) is 9.28. The summed E-state index contributed by atoms with van der Waals surface area (Å²) in [6, 6.07) is 7.54. The quantitative estimate of drug-likeness (QED) is 0.777. The number of para-hydroxylation sites is 1. The summed E-state index contributed by atoms with van der Waals surface area (Å²) >= 11 is 0. The molecule has 0 fully saturated rings. The number of terminal acetylenes is 1. The third-order valence-corrected chi connectivity index (χ3v) is 5.31. The number of rotatable bonds is 7. The maximum atomic E-state index is 11.6. The summed E-state index contributed by atoms with van der Waals surface area (Å²) in [5.41, 5.74) is 0.951. The molecule has 0 aromatic heterocycles. The van der Waals surface area contributed by atoms with Gasteiger partial charge in [0.15, 0.2) is 9.84 Å². The third kappa shape index (κ3) is 4.55. The molecule has 0 unspecified atom stereocenters. The molecule has 0 heterocycles. The normalized spacial score (nSPS) is 11.9.